The van der Waals surface area contributed by atoms with Crippen LogP contribution in [0, 0.1) is 5.92 Å². The third kappa shape index (κ3) is 3.90. The number of piperidine rings is 1. The van der Waals surface area contributed by atoms with E-state index in [1.165, 1.54) is 18.4 Å². The molecule has 0 aliphatic carbocycles. The van der Waals surface area contributed by atoms with Crippen LogP contribution < -0.4 is 0 Å². The van der Waals surface area contributed by atoms with Gasteiger partial charge in [0.05, 0.1) is 0 Å². The first-order valence-corrected chi connectivity index (χ1v) is 6.46. The smallest absolute Gasteiger partial charge is 0.0433 e. The molecule has 0 saturated carbocycles. The average molecular weight is 231 g/mol. The number of aliphatic hydroxyl groups excluding tert-OH is 1. The van der Waals surface area contributed by atoms with Crippen molar-refractivity contribution in [2.75, 3.05) is 19.7 Å². The van der Waals surface area contributed by atoms with Crippen LogP contribution in [-0.4, -0.2) is 29.7 Å². The molecule has 92 valence electrons. The number of nitrogens with zero attached hydrogens (tertiary/aromatic N) is 1. The highest BCUT2D eigenvalue weighted by Crippen LogP contribution is 2.20. The van der Waals surface area contributed by atoms with Gasteiger partial charge in [-0.25, -0.2) is 0 Å². The molecule has 1 fully saturated rings. The molecule has 0 unspecified atom stereocenters. The summed E-state index contributed by atoms with van der Waals surface area (Å²) in [7, 11) is 0. The summed E-state index contributed by atoms with van der Waals surface area (Å²) in [5.41, 5.74) is 1.25. The SMILES string of the molecule is OCCC1CCN(C=Cc2ccccc2)CC1. The van der Waals surface area contributed by atoms with Gasteiger partial charge in [0.25, 0.3) is 0 Å². The quantitative estimate of drug-likeness (QED) is 0.861. The lowest BCUT2D eigenvalue weighted by molar-refractivity contribution is 0.194. The van der Waals surface area contributed by atoms with Crippen LogP contribution in [0.15, 0.2) is 36.5 Å². The van der Waals surface area contributed by atoms with Crippen LogP contribution >= 0.6 is 0 Å². The van der Waals surface area contributed by atoms with Crippen molar-refractivity contribution in [3.63, 3.8) is 0 Å². The summed E-state index contributed by atoms with van der Waals surface area (Å²) >= 11 is 0. The Morgan fingerprint density at radius 3 is 2.53 bits per heavy atom. The summed E-state index contributed by atoms with van der Waals surface area (Å²) in [4.78, 5) is 2.38. The van der Waals surface area contributed by atoms with Gasteiger partial charge in [0.1, 0.15) is 0 Å². The molecule has 2 rings (SSSR count). The van der Waals surface area contributed by atoms with Crippen molar-refractivity contribution >= 4 is 6.08 Å². The molecule has 0 spiro atoms. The number of aliphatic hydroxyl groups is 1. The van der Waals surface area contributed by atoms with Gasteiger partial charge in [0.2, 0.25) is 0 Å². The van der Waals surface area contributed by atoms with Crippen molar-refractivity contribution in [2.45, 2.75) is 19.3 Å². The molecule has 1 aliphatic rings. The van der Waals surface area contributed by atoms with Crippen molar-refractivity contribution in [2.24, 2.45) is 5.92 Å². The molecule has 1 aromatic rings. The zero-order chi connectivity index (χ0) is 11.9. The molecule has 2 heteroatoms. The lowest BCUT2D eigenvalue weighted by Gasteiger charge is -2.30. The Morgan fingerprint density at radius 2 is 1.88 bits per heavy atom. The van der Waals surface area contributed by atoms with E-state index in [-0.39, 0.29) is 0 Å². The third-order valence-corrected chi connectivity index (χ3v) is 3.46. The number of hydrogen-bond donors (Lipinski definition) is 1. The first kappa shape index (κ1) is 12.2. The fourth-order valence-corrected chi connectivity index (χ4v) is 2.33. The molecule has 17 heavy (non-hydrogen) atoms. The molecule has 0 radical (unpaired) electrons. The molecular formula is C15H21NO. The lowest BCUT2D eigenvalue weighted by atomic mass is 9.94. The minimum absolute atomic E-state index is 0.338. The Morgan fingerprint density at radius 1 is 1.18 bits per heavy atom. The van der Waals surface area contributed by atoms with Crippen LogP contribution in [0.25, 0.3) is 6.08 Å². The topological polar surface area (TPSA) is 23.5 Å². The van der Waals surface area contributed by atoms with Crippen LogP contribution in [0.3, 0.4) is 0 Å². The minimum Gasteiger partial charge on any atom is -0.396 e. The van der Waals surface area contributed by atoms with Crippen LogP contribution in [0.2, 0.25) is 0 Å². The van der Waals surface area contributed by atoms with Crippen LogP contribution in [-0.2, 0) is 0 Å². The van der Waals surface area contributed by atoms with Crippen molar-refractivity contribution in [1.82, 2.24) is 4.90 Å². The summed E-state index contributed by atoms with van der Waals surface area (Å²) in [6.45, 7) is 2.58. The number of hydrogen-bond acceptors (Lipinski definition) is 2. The Bertz CT molecular complexity index is 339. The summed E-state index contributed by atoms with van der Waals surface area (Å²) in [5, 5.41) is 8.91. The molecule has 0 atom stereocenters. The number of likely N-dealkylation sites (tertiary alicyclic amines) is 1. The van der Waals surface area contributed by atoms with Crippen molar-refractivity contribution in [3.8, 4) is 0 Å². The van der Waals surface area contributed by atoms with Gasteiger partial charge in [-0.05, 0) is 43.0 Å². The van der Waals surface area contributed by atoms with Gasteiger partial charge < -0.3 is 10.0 Å². The largest absolute Gasteiger partial charge is 0.396 e. The second kappa shape index (κ2) is 6.45. The highest BCUT2D eigenvalue weighted by atomic mass is 16.3. The van der Waals surface area contributed by atoms with E-state index in [4.69, 9.17) is 5.11 Å². The normalized spacial score (nSPS) is 17.8. The molecule has 0 amide bonds. The maximum atomic E-state index is 8.91. The van der Waals surface area contributed by atoms with Gasteiger partial charge in [-0.15, -0.1) is 0 Å². The Labute approximate surface area is 104 Å². The van der Waals surface area contributed by atoms with Gasteiger partial charge in [0.15, 0.2) is 0 Å². The van der Waals surface area contributed by atoms with Gasteiger partial charge in [-0.1, -0.05) is 30.3 Å². The van der Waals surface area contributed by atoms with Crippen molar-refractivity contribution < 1.29 is 5.11 Å². The molecule has 1 aliphatic heterocycles. The highest BCUT2D eigenvalue weighted by molar-refractivity contribution is 5.48. The van der Waals surface area contributed by atoms with E-state index < -0.39 is 0 Å². The van der Waals surface area contributed by atoms with Crippen LogP contribution in [0.1, 0.15) is 24.8 Å². The summed E-state index contributed by atoms with van der Waals surface area (Å²) in [6.07, 6.45) is 7.76. The van der Waals surface area contributed by atoms with Crippen molar-refractivity contribution in [3.05, 3.63) is 42.1 Å². The standard InChI is InChI=1S/C15H21NO/c17-13-9-15-7-11-16(12-8-15)10-6-14-4-2-1-3-5-14/h1-6,10,15,17H,7-9,11-13H2. The highest BCUT2D eigenvalue weighted by Gasteiger charge is 2.16. The molecule has 1 N–H and O–H groups in total. The fraction of sp³-hybridized carbons (Fsp3) is 0.467. The Kier molecular flexibility index (Phi) is 4.63. The molecular weight excluding hydrogens is 210 g/mol. The first-order chi connectivity index (χ1) is 8.38. The summed E-state index contributed by atoms with van der Waals surface area (Å²) in [6, 6.07) is 10.4. The molecule has 1 aromatic carbocycles. The predicted molar refractivity (Wildman–Crippen MR) is 71.5 cm³/mol. The number of rotatable bonds is 4. The second-order valence-electron chi connectivity index (χ2n) is 4.72. The van der Waals surface area contributed by atoms with E-state index >= 15 is 0 Å². The third-order valence-electron chi connectivity index (χ3n) is 3.46. The van der Waals surface area contributed by atoms with E-state index in [0.29, 0.717) is 6.61 Å². The molecule has 2 nitrogen and oxygen atoms in total. The van der Waals surface area contributed by atoms with E-state index in [0.717, 1.165) is 25.4 Å². The van der Waals surface area contributed by atoms with E-state index in [2.05, 4.69) is 41.4 Å². The Hall–Kier alpha value is -1.28. The predicted octanol–water partition coefficient (Wildman–Crippen LogP) is 2.75. The first-order valence-electron chi connectivity index (χ1n) is 6.46. The molecule has 1 saturated heterocycles. The number of benzene rings is 1. The molecule has 0 aromatic heterocycles. The van der Waals surface area contributed by atoms with Gasteiger partial charge in [0, 0.05) is 19.7 Å². The summed E-state index contributed by atoms with van der Waals surface area (Å²) in [5.74, 6) is 0.723. The van der Waals surface area contributed by atoms with E-state index in [9.17, 15) is 0 Å². The maximum Gasteiger partial charge on any atom is 0.0433 e. The zero-order valence-electron chi connectivity index (χ0n) is 10.3. The van der Waals surface area contributed by atoms with Crippen LogP contribution in [0.4, 0.5) is 0 Å². The summed E-state index contributed by atoms with van der Waals surface area (Å²) < 4.78 is 0. The monoisotopic (exact) mass is 231 g/mol. The lowest BCUT2D eigenvalue weighted by Crippen LogP contribution is -2.29. The van der Waals surface area contributed by atoms with E-state index in [1.54, 1.807) is 0 Å². The van der Waals surface area contributed by atoms with Gasteiger partial charge >= 0.3 is 0 Å². The molecule has 0 bridgehead atoms. The van der Waals surface area contributed by atoms with Gasteiger partial charge in [-0.2, -0.15) is 0 Å². The average Bonchev–Trinajstić information content (AvgIpc) is 2.40. The Balaban J connectivity index is 1.80. The molecule has 1 heterocycles. The van der Waals surface area contributed by atoms with Crippen molar-refractivity contribution in [1.29, 1.82) is 0 Å². The maximum absolute atomic E-state index is 8.91. The zero-order valence-corrected chi connectivity index (χ0v) is 10.3. The van der Waals surface area contributed by atoms with E-state index in [1.807, 2.05) is 6.07 Å². The fourth-order valence-electron chi connectivity index (χ4n) is 2.33. The second-order valence-corrected chi connectivity index (χ2v) is 4.72. The van der Waals surface area contributed by atoms with Gasteiger partial charge in [-0.3, -0.25) is 0 Å². The minimum atomic E-state index is 0.338. The van der Waals surface area contributed by atoms with Crippen LogP contribution in [0.5, 0.6) is 0 Å².